The number of ether oxygens (including phenoxy) is 3. The lowest BCUT2D eigenvalue weighted by atomic mass is 9.79. The van der Waals surface area contributed by atoms with Gasteiger partial charge in [-0.15, -0.1) is 0 Å². The molecule has 2 aromatic carbocycles. The van der Waals surface area contributed by atoms with Crippen molar-refractivity contribution in [3.8, 4) is 23.0 Å². The summed E-state index contributed by atoms with van der Waals surface area (Å²) in [6, 6.07) is 7.17. The fraction of sp³-hybridized carbons (Fsp3) is 0.250. The van der Waals surface area contributed by atoms with Crippen LogP contribution in [0.15, 0.2) is 48.6 Å². The van der Waals surface area contributed by atoms with Gasteiger partial charge < -0.3 is 50.0 Å². The highest BCUT2D eigenvalue weighted by Gasteiger charge is 2.56. The Hall–Kier alpha value is -5.57. The van der Waals surface area contributed by atoms with Crippen LogP contribution in [0.5, 0.6) is 23.0 Å². The number of aliphatic hydroxyl groups excluding tert-OH is 1. The zero-order valence-electron chi connectivity index (χ0n) is 22.0. The molecule has 3 rings (SSSR count). The predicted molar refractivity (Wildman–Crippen MR) is 141 cm³/mol. The maximum Gasteiger partial charge on any atom is 0.348 e. The van der Waals surface area contributed by atoms with E-state index in [-0.39, 0.29) is 11.1 Å². The van der Waals surface area contributed by atoms with Crippen LogP contribution in [0.25, 0.3) is 12.2 Å². The summed E-state index contributed by atoms with van der Waals surface area (Å²) in [6.07, 6.45) is -4.26. The fourth-order valence-electron chi connectivity index (χ4n) is 4.10. The van der Waals surface area contributed by atoms with Gasteiger partial charge in [0, 0.05) is 25.0 Å². The van der Waals surface area contributed by atoms with Gasteiger partial charge in [-0.25, -0.2) is 14.4 Å². The van der Waals surface area contributed by atoms with Crippen molar-refractivity contribution in [1.82, 2.24) is 0 Å². The van der Waals surface area contributed by atoms with E-state index < -0.39 is 96.0 Å². The average Bonchev–Trinajstić information content (AvgIpc) is 2.92. The first-order valence-corrected chi connectivity index (χ1v) is 12.4. The number of phenolic OH excluding ortho intramolecular Hbond substituents is 4. The van der Waals surface area contributed by atoms with Crippen LogP contribution in [-0.4, -0.2) is 89.5 Å². The van der Waals surface area contributed by atoms with E-state index in [0.717, 1.165) is 48.6 Å². The highest BCUT2D eigenvalue weighted by molar-refractivity contribution is 5.92. The Morgan fingerprint density at radius 2 is 1.23 bits per heavy atom. The van der Waals surface area contributed by atoms with Gasteiger partial charge >= 0.3 is 29.8 Å². The molecule has 7 N–H and O–H groups in total. The SMILES string of the molecule is O=C(O)CC(=O)O[C@@H]1C[C@@](OC(=O)/C=C/c2ccc(O)c(O)c2)(C(=O)O)C[C@@H](OC(=O)/C=C/c2ccc(O)c(O)c2)[C@@H]1O. The van der Waals surface area contributed by atoms with E-state index in [0.29, 0.717) is 0 Å². The number of carboxylic acid groups (broad SMARTS) is 2. The molecular weight excluding hydrogens is 576 g/mol. The molecule has 4 atom stereocenters. The quantitative estimate of drug-likeness (QED) is 0.0659. The number of esters is 3. The van der Waals surface area contributed by atoms with E-state index in [4.69, 9.17) is 19.3 Å². The van der Waals surface area contributed by atoms with Gasteiger partial charge in [-0.05, 0) is 47.5 Å². The molecule has 0 unspecified atom stereocenters. The van der Waals surface area contributed by atoms with E-state index in [2.05, 4.69) is 0 Å². The van der Waals surface area contributed by atoms with Crippen LogP contribution < -0.4 is 0 Å². The number of carboxylic acids is 2. The number of hydrogen-bond donors (Lipinski definition) is 7. The number of hydrogen-bond acceptors (Lipinski definition) is 13. The number of rotatable bonds is 10. The molecule has 1 aliphatic rings. The molecule has 0 amide bonds. The predicted octanol–water partition coefficient (Wildman–Crippen LogP) is 1.06. The van der Waals surface area contributed by atoms with Crippen molar-refractivity contribution in [1.29, 1.82) is 0 Å². The van der Waals surface area contributed by atoms with Gasteiger partial charge in [-0.1, -0.05) is 12.1 Å². The minimum absolute atomic E-state index is 0.219. The fourth-order valence-corrected chi connectivity index (χ4v) is 4.10. The highest BCUT2D eigenvalue weighted by atomic mass is 16.6. The van der Waals surface area contributed by atoms with E-state index >= 15 is 0 Å². The molecule has 15 heteroatoms. The second kappa shape index (κ2) is 13.4. The van der Waals surface area contributed by atoms with Crippen LogP contribution >= 0.6 is 0 Å². The molecular formula is C28H26O15. The van der Waals surface area contributed by atoms with Crippen LogP contribution in [0.2, 0.25) is 0 Å². The van der Waals surface area contributed by atoms with Crippen LogP contribution in [0.1, 0.15) is 30.4 Å². The number of benzene rings is 2. The zero-order valence-corrected chi connectivity index (χ0v) is 22.0. The first-order chi connectivity index (χ1) is 20.2. The monoisotopic (exact) mass is 602 g/mol. The summed E-state index contributed by atoms with van der Waals surface area (Å²) >= 11 is 0. The third kappa shape index (κ3) is 8.46. The Bertz CT molecular complexity index is 1480. The number of aliphatic hydroxyl groups is 1. The molecule has 0 aliphatic heterocycles. The molecule has 0 radical (unpaired) electrons. The van der Waals surface area contributed by atoms with Gasteiger partial charge in [0.1, 0.15) is 24.7 Å². The van der Waals surface area contributed by atoms with E-state index in [1.54, 1.807) is 0 Å². The molecule has 0 spiro atoms. The third-order valence-electron chi connectivity index (χ3n) is 6.18. The Labute approximate surface area is 242 Å². The minimum atomic E-state index is -2.54. The molecule has 0 aromatic heterocycles. The smallest absolute Gasteiger partial charge is 0.348 e. The topological polar surface area (TPSA) is 255 Å². The summed E-state index contributed by atoms with van der Waals surface area (Å²) < 4.78 is 15.4. The summed E-state index contributed by atoms with van der Waals surface area (Å²) in [5.74, 6) is -8.88. The molecule has 0 saturated heterocycles. The second-order valence-corrected chi connectivity index (χ2v) is 9.36. The number of carbonyl (C=O) groups excluding carboxylic acids is 3. The molecule has 1 fully saturated rings. The van der Waals surface area contributed by atoms with Gasteiger partial charge in [-0.2, -0.15) is 0 Å². The zero-order chi connectivity index (χ0) is 31.9. The third-order valence-corrected chi connectivity index (χ3v) is 6.18. The summed E-state index contributed by atoms with van der Waals surface area (Å²) in [5, 5.41) is 67.7. The van der Waals surface area contributed by atoms with Gasteiger partial charge in [0.15, 0.2) is 23.0 Å². The lowest BCUT2D eigenvalue weighted by Crippen LogP contribution is -2.59. The Morgan fingerprint density at radius 1 is 0.744 bits per heavy atom. The van der Waals surface area contributed by atoms with Crippen molar-refractivity contribution < 1.29 is 73.9 Å². The summed E-state index contributed by atoms with van der Waals surface area (Å²) in [4.78, 5) is 60.6. The van der Waals surface area contributed by atoms with Crippen molar-refractivity contribution in [3.63, 3.8) is 0 Å². The van der Waals surface area contributed by atoms with Crippen LogP contribution in [0.4, 0.5) is 0 Å². The van der Waals surface area contributed by atoms with Crippen molar-refractivity contribution in [2.24, 2.45) is 0 Å². The molecule has 228 valence electrons. The average molecular weight is 603 g/mol. The first kappa shape index (κ1) is 32.0. The number of aliphatic carboxylic acids is 2. The van der Waals surface area contributed by atoms with Crippen molar-refractivity contribution in [2.45, 2.75) is 43.2 Å². The normalized spacial score (nSPS) is 21.7. The summed E-state index contributed by atoms with van der Waals surface area (Å²) in [5.41, 5.74) is -2.07. The molecule has 43 heavy (non-hydrogen) atoms. The Kier molecular flexibility index (Phi) is 9.95. The van der Waals surface area contributed by atoms with E-state index in [1.165, 1.54) is 12.1 Å². The van der Waals surface area contributed by atoms with Crippen molar-refractivity contribution in [3.05, 3.63) is 59.7 Å². The second-order valence-electron chi connectivity index (χ2n) is 9.36. The number of carbonyl (C=O) groups is 5. The molecule has 2 aromatic rings. The van der Waals surface area contributed by atoms with Gasteiger partial charge in [0.05, 0.1) is 0 Å². The Morgan fingerprint density at radius 3 is 1.70 bits per heavy atom. The van der Waals surface area contributed by atoms with Gasteiger partial charge in [0.25, 0.3) is 0 Å². The highest BCUT2D eigenvalue weighted by Crippen LogP contribution is 2.37. The van der Waals surface area contributed by atoms with Crippen LogP contribution in [-0.2, 0) is 38.2 Å². The van der Waals surface area contributed by atoms with Gasteiger partial charge in [-0.3, -0.25) is 9.59 Å². The summed E-state index contributed by atoms with van der Waals surface area (Å²) in [6.45, 7) is 0. The van der Waals surface area contributed by atoms with E-state index in [9.17, 15) is 54.6 Å². The van der Waals surface area contributed by atoms with Crippen LogP contribution in [0, 0.1) is 0 Å². The first-order valence-electron chi connectivity index (χ1n) is 12.4. The standard InChI is InChI=1S/C28H26O15/c29-16-5-1-14(9-18(16)31)3-7-23(35)41-20-12-28(27(39)40,13-21(26(20)38)42-25(37)11-22(33)34)43-24(36)8-4-15-2-6-17(30)19(32)10-15/h1-10,20-21,26,29-32,38H,11-13H2,(H,33,34)(H,39,40)/b7-3+,8-4+/t20-,21-,26+,28-/m1/s1. The molecule has 1 saturated carbocycles. The van der Waals surface area contributed by atoms with Gasteiger partial charge in [0.2, 0.25) is 5.60 Å². The van der Waals surface area contributed by atoms with Crippen molar-refractivity contribution >= 4 is 42.0 Å². The lowest BCUT2D eigenvalue weighted by Gasteiger charge is -2.42. The summed E-state index contributed by atoms with van der Waals surface area (Å²) in [7, 11) is 0. The lowest BCUT2D eigenvalue weighted by molar-refractivity contribution is -0.213. The maximum absolute atomic E-state index is 12.7. The molecule has 0 bridgehead atoms. The largest absolute Gasteiger partial charge is 0.504 e. The molecule has 15 nitrogen and oxygen atoms in total. The minimum Gasteiger partial charge on any atom is -0.504 e. The van der Waals surface area contributed by atoms with Crippen LogP contribution in [0.3, 0.4) is 0 Å². The Balaban J connectivity index is 1.86. The number of aromatic hydroxyl groups is 4. The maximum atomic E-state index is 12.7. The molecule has 0 heterocycles. The number of phenols is 4. The van der Waals surface area contributed by atoms with E-state index in [1.807, 2.05) is 0 Å². The van der Waals surface area contributed by atoms with Crippen molar-refractivity contribution in [2.75, 3.05) is 0 Å². The molecule has 1 aliphatic carbocycles.